The summed E-state index contributed by atoms with van der Waals surface area (Å²) < 4.78 is 99.3. The summed E-state index contributed by atoms with van der Waals surface area (Å²) in [4.78, 5) is 85.0. The minimum Gasteiger partial charge on any atom is -0.435 e. The number of carbonyl (C=O) groups excluding carboxylic acids is 7. The van der Waals surface area contributed by atoms with Gasteiger partial charge in [0.25, 0.3) is 25.9 Å². The molecular weight excluding hydrogens is 1270 g/mol. The third-order valence-electron chi connectivity index (χ3n) is 15.4. The van der Waals surface area contributed by atoms with Gasteiger partial charge in [0.15, 0.2) is 62.3 Å². The molecule has 7 aliphatic rings. The number of aliphatic hydroxyl groups is 15. The van der Waals surface area contributed by atoms with E-state index in [1.807, 2.05) is 0 Å². The normalized spacial score (nSPS) is 46.5. The van der Waals surface area contributed by atoms with Crippen LogP contribution in [-0.4, -0.2) is 363 Å². The van der Waals surface area contributed by atoms with Gasteiger partial charge in [-0.15, -0.1) is 0 Å². The molecule has 43 nitrogen and oxygen atoms in total. The van der Waals surface area contributed by atoms with Gasteiger partial charge in [-0.25, -0.2) is 0 Å². The lowest BCUT2D eigenvalue weighted by molar-refractivity contribution is -0.405. The highest BCUT2D eigenvalue weighted by Gasteiger charge is 2.60. The van der Waals surface area contributed by atoms with Crippen LogP contribution < -0.4 is 16.0 Å². The second-order valence-electron chi connectivity index (χ2n) is 21.5. The number of rotatable bonds is 27. The van der Waals surface area contributed by atoms with Gasteiger partial charge in [-0.3, -0.25) is 33.6 Å². The monoisotopic (exact) mass is 1350 g/mol. The molecule has 7 fully saturated rings. The minimum absolute atomic E-state index is 0.112. The van der Waals surface area contributed by atoms with Crippen LogP contribution in [0.2, 0.25) is 0 Å². The molecule has 3 amide bonds. The molecule has 0 aromatic rings. The predicted octanol–water partition coefficient (Wildman–Crippen LogP) is -14.6. The van der Waals surface area contributed by atoms with Crippen LogP contribution in [0.15, 0.2) is 0 Å². The van der Waals surface area contributed by atoms with E-state index < -0.39 is 253 Å². The Morgan fingerprint density at radius 3 is 0.826 bits per heavy atom. The Morgan fingerprint density at radius 1 is 0.315 bits per heavy atom. The highest BCUT2D eigenvalue weighted by Crippen LogP contribution is 2.39. The molecule has 7 heterocycles. The van der Waals surface area contributed by atoms with Crippen molar-refractivity contribution < 1.29 is 195 Å². The van der Waals surface area contributed by atoms with Gasteiger partial charge in [-0.05, 0) is 0 Å². The Bertz CT molecular complexity index is 2410. The van der Waals surface area contributed by atoms with Crippen molar-refractivity contribution in [1.82, 2.24) is 16.0 Å². The Hall–Kier alpha value is -4.87. The number of aliphatic hydroxyl groups excluding tert-OH is 15. The van der Waals surface area contributed by atoms with Crippen molar-refractivity contribution in [1.29, 1.82) is 0 Å². The quantitative estimate of drug-likeness (QED) is 0.0268. The maximum atomic E-state index is 12.9. The molecule has 7 rings (SSSR count). The van der Waals surface area contributed by atoms with Crippen LogP contribution in [0.5, 0.6) is 0 Å². The van der Waals surface area contributed by atoms with Crippen molar-refractivity contribution in [2.24, 2.45) is 0 Å². The smallest absolute Gasteiger partial charge is 0.295 e. The van der Waals surface area contributed by atoms with Gasteiger partial charge in [0.2, 0.25) is 42.9 Å². The van der Waals surface area contributed by atoms with Crippen molar-refractivity contribution in [3.8, 4) is 0 Å². The Labute approximate surface area is 517 Å². The summed E-state index contributed by atoms with van der Waals surface area (Å²) in [5.41, 5.74) is 0. The molecule has 0 aromatic heterocycles. The molecule has 14 unspecified atom stereocenters. The Kier molecular flexibility index (Phi) is 26.9. The van der Waals surface area contributed by atoms with E-state index in [-0.39, 0.29) is 25.9 Å². The van der Waals surface area contributed by atoms with E-state index in [4.69, 9.17) is 80.5 Å². The van der Waals surface area contributed by atoms with E-state index in [1.54, 1.807) is 0 Å². The first-order chi connectivity index (χ1) is 43.7. The third-order valence-corrected chi connectivity index (χ3v) is 15.4. The van der Waals surface area contributed by atoms with Gasteiger partial charge in [0, 0.05) is 27.9 Å². The van der Waals surface area contributed by atoms with Gasteiger partial charge in [-0.2, -0.15) is 0 Å². The lowest BCUT2D eigenvalue weighted by Crippen LogP contribution is -2.71. The molecule has 0 aliphatic carbocycles. The van der Waals surface area contributed by atoms with E-state index in [1.165, 1.54) is 0 Å². The van der Waals surface area contributed by atoms with Crippen LogP contribution in [0, 0.1) is 0 Å². The van der Waals surface area contributed by atoms with E-state index in [0.29, 0.717) is 0 Å². The molecule has 7 aliphatic heterocycles. The summed E-state index contributed by atoms with van der Waals surface area (Å²) in [5, 5.41) is 173. The van der Waals surface area contributed by atoms with E-state index >= 15 is 0 Å². The van der Waals surface area contributed by atoms with Crippen molar-refractivity contribution in [2.75, 3.05) is 26.9 Å². The number of nitrogens with one attached hydrogen (secondary N) is 3. The van der Waals surface area contributed by atoms with E-state index in [9.17, 15) is 110 Å². The van der Waals surface area contributed by atoms with Crippen LogP contribution in [0.3, 0.4) is 0 Å². The molecule has 0 bridgehead atoms. The fraction of sp³-hybridized carbons (Fsp3) is 0.857. The molecule has 0 spiro atoms. The summed E-state index contributed by atoms with van der Waals surface area (Å²) in [6.07, 6.45) is -66.8. The predicted molar refractivity (Wildman–Crippen MR) is 272 cm³/mol. The summed E-state index contributed by atoms with van der Waals surface area (Å²) >= 11 is 0. The molecule has 0 saturated carbocycles. The van der Waals surface area contributed by atoms with Crippen molar-refractivity contribution in [2.45, 2.75) is 236 Å². The number of methoxy groups -OCH3 is 1. The second kappa shape index (κ2) is 33.2. The SMILES string of the molecule is CO[C@@H]1OC(OC=O)[C@@H](O[C@@H]2OC(CO)[C@H](O)[C@H](O[C@@H]3OC(OC=O)[C@@H](O[C@@H]4OC(CO)[C@H](O)[C@H](O[C@@H]5OC(OC=O)[C@@H](O[C@@H]6OC(CO)[C@H](O)[C@H](O[C@@H]7OC(OC=O)[C@@H](O)[C@H](O)C7O)C6NC(C)=O)[C@H](O)C5O)C4NC(C)=O)[C@H](O)C3O)C2NC(C)=O)[C@H](O)C1O. The van der Waals surface area contributed by atoms with Crippen molar-refractivity contribution in [3.05, 3.63) is 0 Å². The third kappa shape index (κ3) is 16.5. The first-order valence-electron chi connectivity index (χ1n) is 27.9. The summed E-state index contributed by atoms with van der Waals surface area (Å²) in [6.45, 7) is -1.23. The summed E-state index contributed by atoms with van der Waals surface area (Å²) in [7, 11) is 1.08. The number of hydrogen-bond acceptors (Lipinski definition) is 40. The highest BCUT2D eigenvalue weighted by molar-refractivity contribution is 5.74. The first kappa shape index (κ1) is 74.5. The fourth-order valence-electron chi connectivity index (χ4n) is 11.0. The number of hydrogen-bond donors (Lipinski definition) is 18. The molecule has 0 aromatic carbocycles. The topological polar surface area (TPSA) is 625 Å². The van der Waals surface area contributed by atoms with E-state index in [2.05, 4.69) is 20.7 Å². The summed E-state index contributed by atoms with van der Waals surface area (Å²) in [6, 6.07) is -5.63. The zero-order valence-electron chi connectivity index (χ0n) is 48.6. The van der Waals surface area contributed by atoms with E-state index in [0.717, 1.165) is 27.9 Å². The standard InChI is InChI=1S/C49H75N3O40/c1-12(60)50-18-33(83-44-29(71)24(66)28(70)43(90-44)76-8-56)21(63)15(5-53)81-40(18)87-37-26(68)31(73)46(92-48(37)78-10-58)85-35-20(52-14(3)62)41(82-17(7-55)23(35)65)88-38-27(69)32(74)45(91-49(38)79-11-59)84-34-19(51-13(2)61)39(80-16(6-54)22(34)64)86-36-25(67)30(72)42(75-4)89-47(36)77-9-57/h8-11,15-49,53-55,63-74H,5-7H2,1-4H3,(H,50,60)(H,51,61)(H,52,62)/t15?,16?,17?,18?,19?,20?,21-,22-,23-,24-,25+,26+,27+,28-,29?,30?,31?,32?,33+,34+,35+,36-,37-,38-,39-,40-,41-,42+,43?,44+,45+,46+,47?,48?,49?/m0/s1. The average molecular weight is 1350 g/mol. The zero-order valence-corrected chi connectivity index (χ0v) is 48.6. The molecule has 0 radical (unpaired) electrons. The van der Waals surface area contributed by atoms with Crippen LogP contribution in [0.25, 0.3) is 0 Å². The summed E-state index contributed by atoms with van der Waals surface area (Å²) in [5.74, 6) is -2.79. The van der Waals surface area contributed by atoms with Gasteiger partial charge in [0.1, 0.15) is 128 Å². The van der Waals surface area contributed by atoms with Crippen LogP contribution in [-0.2, 0) is 119 Å². The Morgan fingerprint density at radius 2 is 0.554 bits per heavy atom. The molecule has 526 valence electrons. The van der Waals surface area contributed by atoms with Crippen molar-refractivity contribution >= 4 is 43.6 Å². The largest absolute Gasteiger partial charge is 0.435 e. The van der Waals surface area contributed by atoms with Gasteiger partial charge in [0.05, 0.1) is 19.8 Å². The minimum atomic E-state index is -2.44. The second-order valence-corrected chi connectivity index (χ2v) is 21.5. The number of ether oxygens (including phenoxy) is 18. The molecule has 18 N–H and O–H groups in total. The molecule has 35 atom stereocenters. The molecule has 43 heteroatoms. The van der Waals surface area contributed by atoms with Gasteiger partial charge >= 0.3 is 0 Å². The molecule has 92 heavy (non-hydrogen) atoms. The lowest BCUT2D eigenvalue weighted by Gasteiger charge is -2.51. The van der Waals surface area contributed by atoms with Crippen molar-refractivity contribution in [3.63, 3.8) is 0 Å². The molecule has 7 saturated heterocycles. The van der Waals surface area contributed by atoms with Gasteiger partial charge in [-0.1, -0.05) is 0 Å². The fourth-order valence-corrected chi connectivity index (χ4v) is 11.0. The maximum Gasteiger partial charge on any atom is 0.295 e. The van der Waals surface area contributed by atoms with Gasteiger partial charge < -0.3 is 178 Å². The maximum absolute atomic E-state index is 12.9. The lowest BCUT2D eigenvalue weighted by atomic mass is 9.94. The van der Waals surface area contributed by atoms with Crippen LogP contribution in [0.1, 0.15) is 20.8 Å². The number of amides is 3. The first-order valence-corrected chi connectivity index (χ1v) is 27.9. The molecular formula is C49H75N3O40. The van der Waals surface area contributed by atoms with Crippen LogP contribution >= 0.6 is 0 Å². The number of carbonyl (C=O) groups is 7. The average Bonchev–Trinajstić information content (AvgIpc) is 0.788. The van der Waals surface area contributed by atoms with Crippen LogP contribution in [0.4, 0.5) is 0 Å². The Balaban J connectivity index is 1.12. The zero-order chi connectivity index (χ0) is 67.7. The highest BCUT2D eigenvalue weighted by atomic mass is 16.8.